The molecule has 3 aromatic heterocycles. The molecule has 0 aliphatic heterocycles. The zero-order valence-electron chi connectivity index (χ0n) is 15.2. The molecule has 0 spiro atoms. The molecule has 3 heterocycles. The minimum Gasteiger partial charge on any atom is -0.415 e. The number of nitrogens with one attached hydrogen (secondary N) is 1. The predicted molar refractivity (Wildman–Crippen MR) is 95.1 cm³/mol. The van der Waals surface area contributed by atoms with Crippen molar-refractivity contribution in [2.24, 2.45) is 0 Å². The highest BCUT2D eigenvalue weighted by molar-refractivity contribution is 5.51. The van der Waals surface area contributed by atoms with Crippen LogP contribution in [0, 0.1) is 11.3 Å². The van der Waals surface area contributed by atoms with Crippen LogP contribution < -0.4 is 5.32 Å². The third-order valence-corrected chi connectivity index (χ3v) is 4.06. The smallest absolute Gasteiger partial charge is 0.314 e. The molecule has 144 valence electrons. The lowest BCUT2D eigenvalue weighted by Gasteiger charge is -2.17. The number of hydrogen-bond donors (Lipinski definition) is 1. The first-order chi connectivity index (χ1) is 13.6. The maximum Gasteiger partial charge on any atom is 0.314 e. The molecule has 4 rings (SSSR count). The molecule has 0 atom stereocenters. The number of halogens is 2. The molecule has 3 aromatic rings. The van der Waals surface area contributed by atoms with Crippen molar-refractivity contribution in [3.63, 3.8) is 0 Å². The summed E-state index contributed by atoms with van der Waals surface area (Å²) in [5, 5.41) is 18.9. The summed E-state index contributed by atoms with van der Waals surface area (Å²) in [6.07, 6.45) is 3.45. The zero-order chi connectivity index (χ0) is 20.1. The van der Waals surface area contributed by atoms with Crippen LogP contribution in [0.2, 0.25) is 0 Å². The molecule has 0 radical (unpaired) electrons. The Morgan fingerprint density at radius 2 is 1.82 bits per heavy atom. The zero-order valence-corrected chi connectivity index (χ0v) is 15.2. The van der Waals surface area contributed by atoms with E-state index in [2.05, 4.69) is 30.5 Å². The Kier molecular flexibility index (Phi) is 5.54. The Balaban J connectivity index is 0.00000109. The number of pyridine rings is 1. The van der Waals surface area contributed by atoms with Crippen LogP contribution in [0.4, 0.5) is 14.7 Å². The van der Waals surface area contributed by atoms with E-state index in [9.17, 15) is 8.78 Å². The van der Waals surface area contributed by atoms with E-state index >= 15 is 0 Å². The highest BCUT2D eigenvalue weighted by atomic mass is 19.3. The van der Waals surface area contributed by atoms with E-state index in [0.717, 1.165) is 18.4 Å². The lowest BCUT2D eigenvalue weighted by molar-refractivity contribution is 0.116. The third-order valence-electron chi connectivity index (χ3n) is 4.06. The molecule has 1 aliphatic carbocycles. The molecule has 28 heavy (non-hydrogen) atoms. The summed E-state index contributed by atoms with van der Waals surface area (Å²) in [6.45, 7) is 4.00. The van der Waals surface area contributed by atoms with Crippen molar-refractivity contribution in [3.05, 3.63) is 47.9 Å². The quantitative estimate of drug-likeness (QED) is 0.704. The van der Waals surface area contributed by atoms with Crippen molar-refractivity contribution >= 4 is 5.95 Å². The second-order valence-electron chi connectivity index (χ2n) is 5.79. The summed E-state index contributed by atoms with van der Waals surface area (Å²) in [6, 6.07) is 5.50. The molecule has 8 nitrogen and oxygen atoms in total. The van der Waals surface area contributed by atoms with Gasteiger partial charge in [-0.2, -0.15) is 14.0 Å². The molecule has 0 saturated heterocycles. The molecule has 1 saturated carbocycles. The van der Waals surface area contributed by atoms with Crippen molar-refractivity contribution in [3.8, 4) is 17.5 Å². The van der Waals surface area contributed by atoms with Crippen molar-refractivity contribution in [2.45, 2.75) is 38.7 Å². The van der Waals surface area contributed by atoms with Gasteiger partial charge in [-0.05, 0) is 24.5 Å². The van der Waals surface area contributed by atoms with Gasteiger partial charge < -0.3 is 9.73 Å². The number of rotatable bonds is 5. The van der Waals surface area contributed by atoms with Gasteiger partial charge in [0.15, 0.2) is 0 Å². The maximum atomic E-state index is 12.5. The SMILES string of the molecule is CC.N#Cc1ccc(C2(Nc3ncc(-c4nnc(C(F)F)o4)cn3)CC2)cn1. The Hall–Kier alpha value is -3.48. The van der Waals surface area contributed by atoms with Gasteiger partial charge in [-0.25, -0.2) is 15.0 Å². The number of hydrogen-bond acceptors (Lipinski definition) is 8. The Bertz CT molecular complexity index is 961. The fraction of sp³-hybridized carbons (Fsp3) is 0.333. The molecule has 0 bridgehead atoms. The first-order valence-electron chi connectivity index (χ1n) is 8.68. The van der Waals surface area contributed by atoms with Crippen molar-refractivity contribution < 1.29 is 13.2 Å². The monoisotopic (exact) mass is 385 g/mol. The summed E-state index contributed by atoms with van der Waals surface area (Å²) in [5.74, 6) is -0.430. The minimum atomic E-state index is -2.83. The fourth-order valence-electron chi connectivity index (χ4n) is 2.51. The maximum absolute atomic E-state index is 12.5. The van der Waals surface area contributed by atoms with E-state index in [1.165, 1.54) is 12.4 Å². The highest BCUT2D eigenvalue weighted by Gasteiger charge is 2.45. The van der Waals surface area contributed by atoms with Gasteiger partial charge in [0.1, 0.15) is 11.8 Å². The van der Waals surface area contributed by atoms with Crippen LogP contribution in [0.25, 0.3) is 11.5 Å². The standard InChI is InChI=1S/C16H11F2N7O.C2H6/c17-12(18)14-25-24-13(26-14)9-6-21-15(22-7-9)23-16(3-4-16)10-1-2-11(5-19)20-8-10;1-2/h1-2,6-8,12H,3-4H2,(H,21,22,23);1-2H3. The third kappa shape index (κ3) is 3.93. The van der Waals surface area contributed by atoms with Crippen molar-refractivity contribution in [1.82, 2.24) is 25.1 Å². The lowest BCUT2D eigenvalue weighted by atomic mass is 10.1. The predicted octanol–water partition coefficient (Wildman–Crippen LogP) is 3.86. The Morgan fingerprint density at radius 3 is 2.32 bits per heavy atom. The second kappa shape index (κ2) is 8.04. The van der Waals surface area contributed by atoms with E-state index in [0.29, 0.717) is 17.2 Å². The van der Waals surface area contributed by atoms with Gasteiger partial charge in [0.2, 0.25) is 5.95 Å². The van der Waals surface area contributed by atoms with Crippen molar-refractivity contribution in [1.29, 1.82) is 5.26 Å². The van der Waals surface area contributed by atoms with Crippen LogP contribution in [-0.2, 0) is 5.54 Å². The minimum absolute atomic E-state index is 0.0655. The van der Waals surface area contributed by atoms with E-state index in [4.69, 9.17) is 9.68 Å². The van der Waals surface area contributed by atoms with Crippen LogP contribution in [0.15, 0.2) is 35.1 Å². The molecule has 10 heteroatoms. The second-order valence-corrected chi connectivity index (χ2v) is 5.79. The average Bonchev–Trinajstić information content (AvgIpc) is 3.34. The van der Waals surface area contributed by atoms with Crippen molar-refractivity contribution in [2.75, 3.05) is 5.32 Å². The van der Waals surface area contributed by atoms with Gasteiger partial charge in [0.25, 0.3) is 11.8 Å². The number of nitrogens with zero attached hydrogens (tertiary/aromatic N) is 6. The topological polar surface area (TPSA) is 113 Å². The molecule has 1 fully saturated rings. The summed E-state index contributed by atoms with van der Waals surface area (Å²) in [7, 11) is 0. The number of aromatic nitrogens is 5. The Morgan fingerprint density at radius 1 is 1.11 bits per heavy atom. The van der Waals surface area contributed by atoms with Gasteiger partial charge in [-0.1, -0.05) is 19.9 Å². The van der Waals surface area contributed by atoms with Gasteiger partial charge in [-0.15, -0.1) is 10.2 Å². The van der Waals surface area contributed by atoms with E-state index in [1.54, 1.807) is 12.3 Å². The fourth-order valence-corrected chi connectivity index (χ4v) is 2.51. The molecule has 0 aromatic carbocycles. The lowest BCUT2D eigenvalue weighted by Crippen LogP contribution is -2.20. The van der Waals surface area contributed by atoms with Crippen LogP contribution in [0.3, 0.4) is 0 Å². The molecule has 1 N–H and O–H groups in total. The molecule has 0 amide bonds. The summed E-state index contributed by atoms with van der Waals surface area (Å²) >= 11 is 0. The molecular weight excluding hydrogens is 368 g/mol. The highest BCUT2D eigenvalue weighted by Crippen LogP contribution is 2.47. The van der Waals surface area contributed by atoms with Crippen LogP contribution in [0.5, 0.6) is 0 Å². The van der Waals surface area contributed by atoms with Crippen LogP contribution in [-0.4, -0.2) is 25.1 Å². The largest absolute Gasteiger partial charge is 0.415 e. The number of alkyl halides is 2. The van der Waals surface area contributed by atoms with E-state index < -0.39 is 12.3 Å². The van der Waals surface area contributed by atoms with Gasteiger partial charge in [-0.3, -0.25) is 0 Å². The molecule has 1 aliphatic rings. The number of anilines is 1. The first kappa shape index (κ1) is 19.3. The molecule has 0 unspecified atom stereocenters. The van der Waals surface area contributed by atoms with Gasteiger partial charge in [0, 0.05) is 18.6 Å². The van der Waals surface area contributed by atoms with Crippen LogP contribution in [0.1, 0.15) is 50.3 Å². The summed E-state index contributed by atoms with van der Waals surface area (Å²) < 4.78 is 29.9. The van der Waals surface area contributed by atoms with E-state index in [-0.39, 0.29) is 11.4 Å². The van der Waals surface area contributed by atoms with Crippen LogP contribution >= 0.6 is 0 Å². The van der Waals surface area contributed by atoms with Gasteiger partial charge in [0.05, 0.1) is 11.1 Å². The van der Waals surface area contributed by atoms with Gasteiger partial charge >= 0.3 is 6.43 Å². The summed E-state index contributed by atoms with van der Waals surface area (Å²) in [4.78, 5) is 12.5. The number of nitriles is 1. The van der Waals surface area contributed by atoms with E-state index in [1.807, 2.05) is 26.0 Å². The first-order valence-corrected chi connectivity index (χ1v) is 8.68. The Labute approximate surface area is 159 Å². The summed E-state index contributed by atoms with van der Waals surface area (Å²) in [5.41, 5.74) is 1.34. The molecular formula is C18H17F2N7O. The normalized spacial score (nSPS) is 14.0. The average molecular weight is 385 g/mol.